The number of methoxy groups -OCH3 is 1. The molecule has 4 aromatic rings. The summed E-state index contributed by atoms with van der Waals surface area (Å²) in [5.74, 6) is 2.28. The van der Waals surface area contributed by atoms with Crippen molar-refractivity contribution in [3.8, 4) is 11.5 Å². The highest BCUT2D eigenvalue weighted by Crippen LogP contribution is 2.50. The Kier molecular flexibility index (Phi) is 8.10. The van der Waals surface area contributed by atoms with Crippen LogP contribution in [0.4, 0.5) is 11.4 Å². The Morgan fingerprint density at radius 1 is 0.875 bits per heavy atom. The number of nitrogens with zero attached hydrogens (tertiary/aromatic N) is 2. The van der Waals surface area contributed by atoms with Crippen LogP contribution in [-0.4, -0.2) is 33.0 Å². The molecule has 4 nitrogen and oxygen atoms in total. The fourth-order valence-electron chi connectivity index (χ4n) is 6.22. The van der Waals surface area contributed by atoms with Crippen LogP contribution in [-0.2, 0) is 0 Å². The number of halogens is 1. The molecule has 4 aromatic carbocycles. The van der Waals surface area contributed by atoms with E-state index in [1.165, 1.54) is 27.9 Å². The SMILES string of the molecule is CCCOc1c(I)cc(C=Nc2cc3c4c(c2)[C@H](c2ccccc2)CCN4CC[C@H]3c2ccccc2)cc1OC. The van der Waals surface area contributed by atoms with Gasteiger partial charge < -0.3 is 14.4 Å². The van der Waals surface area contributed by atoms with Crippen molar-refractivity contribution in [2.24, 2.45) is 4.99 Å². The van der Waals surface area contributed by atoms with E-state index in [1.807, 2.05) is 12.3 Å². The van der Waals surface area contributed by atoms with Crippen molar-refractivity contribution in [2.45, 2.75) is 38.0 Å². The number of benzene rings is 4. The molecule has 0 aliphatic carbocycles. The van der Waals surface area contributed by atoms with Crippen molar-refractivity contribution in [3.63, 3.8) is 0 Å². The molecule has 0 fully saturated rings. The summed E-state index contributed by atoms with van der Waals surface area (Å²) in [4.78, 5) is 7.67. The van der Waals surface area contributed by atoms with Gasteiger partial charge in [0.25, 0.3) is 0 Å². The van der Waals surface area contributed by atoms with Crippen molar-refractivity contribution in [1.29, 1.82) is 0 Å². The second-order valence-corrected chi connectivity index (χ2v) is 11.8. The lowest BCUT2D eigenvalue weighted by Crippen LogP contribution is -2.37. The van der Waals surface area contributed by atoms with Gasteiger partial charge in [-0.2, -0.15) is 0 Å². The van der Waals surface area contributed by atoms with Crippen molar-refractivity contribution >= 4 is 40.2 Å². The topological polar surface area (TPSA) is 34.1 Å². The van der Waals surface area contributed by atoms with Gasteiger partial charge in [0.05, 0.1) is 23.0 Å². The largest absolute Gasteiger partial charge is 0.493 e. The summed E-state index contributed by atoms with van der Waals surface area (Å²) in [5, 5.41) is 0. The van der Waals surface area contributed by atoms with E-state index in [4.69, 9.17) is 14.5 Å². The van der Waals surface area contributed by atoms with Crippen molar-refractivity contribution in [1.82, 2.24) is 0 Å². The fourth-order valence-corrected chi connectivity index (χ4v) is 7.00. The van der Waals surface area contributed by atoms with E-state index in [1.54, 1.807) is 7.11 Å². The van der Waals surface area contributed by atoms with Gasteiger partial charge in [0.2, 0.25) is 0 Å². The second-order valence-electron chi connectivity index (χ2n) is 10.6. The Morgan fingerprint density at radius 2 is 1.48 bits per heavy atom. The van der Waals surface area contributed by atoms with Crippen LogP contribution >= 0.6 is 22.6 Å². The molecule has 0 saturated heterocycles. The van der Waals surface area contributed by atoms with E-state index in [0.29, 0.717) is 18.4 Å². The molecule has 0 aromatic heterocycles. The highest BCUT2D eigenvalue weighted by atomic mass is 127. The lowest BCUT2D eigenvalue weighted by atomic mass is 9.76. The number of ether oxygens (including phenoxy) is 2. The number of rotatable bonds is 8. The van der Waals surface area contributed by atoms with Gasteiger partial charge in [0.1, 0.15) is 0 Å². The maximum absolute atomic E-state index is 5.96. The Hall–Kier alpha value is -3.32. The predicted molar refractivity (Wildman–Crippen MR) is 173 cm³/mol. The van der Waals surface area contributed by atoms with Crippen LogP contribution in [0.3, 0.4) is 0 Å². The van der Waals surface area contributed by atoms with Gasteiger partial charge in [0.15, 0.2) is 11.5 Å². The number of hydrogen-bond acceptors (Lipinski definition) is 4. The summed E-state index contributed by atoms with van der Waals surface area (Å²) >= 11 is 2.32. The van der Waals surface area contributed by atoms with Gasteiger partial charge in [-0.25, -0.2) is 0 Å². The summed E-state index contributed by atoms with van der Waals surface area (Å²) in [7, 11) is 1.69. The van der Waals surface area contributed by atoms with E-state index in [2.05, 4.69) is 113 Å². The number of anilines is 1. The first-order valence-corrected chi connectivity index (χ1v) is 15.3. The Labute approximate surface area is 251 Å². The minimum Gasteiger partial charge on any atom is -0.493 e. The molecule has 0 unspecified atom stereocenters. The molecule has 0 bridgehead atoms. The molecule has 6 rings (SSSR count). The third-order valence-electron chi connectivity index (χ3n) is 8.06. The minimum absolute atomic E-state index is 0.368. The molecule has 5 heteroatoms. The summed E-state index contributed by atoms with van der Waals surface area (Å²) < 4.78 is 12.7. The van der Waals surface area contributed by atoms with Crippen LogP contribution in [0.1, 0.15) is 65.8 Å². The highest BCUT2D eigenvalue weighted by Gasteiger charge is 2.35. The summed E-state index contributed by atoms with van der Waals surface area (Å²) in [6.07, 6.45) is 5.15. The minimum atomic E-state index is 0.368. The summed E-state index contributed by atoms with van der Waals surface area (Å²) in [6, 6.07) is 30.7. The molecule has 2 aliphatic heterocycles. The lowest BCUT2D eigenvalue weighted by Gasteiger charge is -2.43. The lowest BCUT2D eigenvalue weighted by molar-refractivity contribution is 0.292. The van der Waals surface area contributed by atoms with Crippen LogP contribution < -0.4 is 14.4 Å². The molecule has 0 saturated carbocycles. The molecular formula is C35H35IN2O2. The number of aliphatic imine (C=N–C) groups is 1. The standard InChI is InChI=1S/C35H35IN2O2/c1-3-18-40-35-32(36)19-24(20-33(35)39-2)23-37-27-21-30-28(25-10-6-4-7-11-25)14-16-38-17-15-29(31(22-27)34(30)38)26-12-8-5-9-13-26/h4-13,19-23,28-29H,3,14-18H2,1-2H3/t28-,29-/m0/s1. The zero-order valence-electron chi connectivity index (χ0n) is 23.1. The summed E-state index contributed by atoms with van der Waals surface area (Å²) in [5.41, 5.74) is 8.99. The van der Waals surface area contributed by atoms with Crippen LogP contribution in [0.2, 0.25) is 0 Å². The van der Waals surface area contributed by atoms with Crippen LogP contribution in [0, 0.1) is 3.57 Å². The zero-order chi connectivity index (χ0) is 27.5. The molecule has 0 amide bonds. The van der Waals surface area contributed by atoms with E-state index in [9.17, 15) is 0 Å². The monoisotopic (exact) mass is 642 g/mol. The van der Waals surface area contributed by atoms with Crippen LogP contribution in [0.15, 0.2) is 89.9 Å². The normalized spacial score (nSPS) is 18.0. The molecule has 204 valence electrons. The number of hydrogen-bond donors (Lipinski definition) is 0. The first-order chi connectivity index (χ1) is 19.7. The van der Waals surface area contributed by atoms with E-state index in [0.717, 1.165) is 58.7 Å². The van der Waals surface area contributed by atoms with Gasteiger partial charge in [-0.05, 0) is 93.9 Å². The molecular weight excluding hydrogens is 607 g/mol. The van der Waals surface area contributed by atoms with E-state index in [-0.39, 0.29) is 0 Å². The third-order valence-corrected chi connectivity index (χ3v) is 8.87. The second kappa shape index (κ2) is 12.0. The average molecular weight is 643 g/mol. The maximum atomic E-state index is 5.96. The predicted octanol–water partition coefficient (Wildman–Crippen LogP) is 8.72. The van der Waals surface area contributed by atoms with E-state index >= 15 is 0 Å². The Balaban J connectivity index is 1.44. The Bertz CT molecular complexity index is 1430. The van der Waals surface area contributed by atoms with Gasteiger partial charge in [-0.15, -0.1) is 0 Å². The molecule has 40 heavy (non-hydrogen) atoms. The van der Waals surface area contributed by atoms with Crippen molar-refractivity contribution in [2.75, 3.05) is 31.7 Å². The molecule has 2 heterocycles. The molecule has 2 aliphatic rings. The average Bonchev–Trinajstić information content (AvgIpc) is 3.00. The Morgan fingerprint density at radius 3 is 2.02 bits per heavy atom. The molecule has 2 atom stereocenters. The molecule has 0 radical (unpaired) electrons. The smallest absolute Gasteiger partial charge is 0.174 e. The van der Waals surface area contributed by atoms with Crippen molar-refractivity contribution < 1.29 is 9.47 Å². The molecule has 0 N–H and O–H groups in total. The quantitative estimate of drug-likeness (QED) is 0.143. The van der Waals surface area contributed by atoms with Gasteiger partial charge in [-0.1, -0.05) is 67.6 Å². The first-order valence-electron chi connectivity index (χ1n) is 14.2. The van der Waals surface area contributed by atoms with E-state index < -0.39 is 0 Å². The molecule has 0 spiro atoms. The summed E-state index contributed by atoms with van der Waals surface area (Å²) in [6.45, 7) is 4.96. The third kappa shape index (κ3) is 5.36. The zero-order valence-corrected chi connectivity index (χ0v) is 25.3. The van der Waals surface area contributed by atoms with Gasteiger partial charge in [-0.3, -0.25) is 4.99 Å². The first kappa shape index (κ1) is 26.9. The van der Waals surface area contributed by atoms with Gasteiger partial charge in [0, 0.05) is 36.8 Å². The van der Waals surface area contributed by atoms with Crippen molar-refractivity contribution in [3.05, 3.63) is 116 Å². The van der Waals surface area contributed by atoms with Crippen LogP contribution in [0.25, 0.3) is 0 Å². The van der Waals surface area contributed by atoms with Gasteiger partial charge >= 0.3 is 0 Å². The maximum Gasteiger partial charge on any atom is 0.174 e. The fraction of sp³-hybridized carbons (Fsp3) is 0.286. The highest BCUT2D eigenvalue weighted by molar-refractivity contribution is 14.1. The van der Waals surface area contributed by atoms with Crippen LogP contribution in [0.5, 0.6) is 11.5 Å².